The highest BCUT2D eigenvalue weighted by atomic mass is 16.4. The number of aliphatic carboxylic acids is 1. The lowest BCUT2D eigenvalue weighted by atomic mass is 9.43. The number of fused-ring (bicyclic) bond motifs is 5. The van der Waals surface area contributed by atoms with Gasteiger partial charge in [0.1, 0.15) is 0 Å². The van der Waals surface area contributed by atoms with Crippen molar-refractivity contribution in [1.82, 2.24) is 0 Å². The van der Waals surface area contributed by atoms with Crippen LogP contribution < -0.4 is 0 Å². The number of aliphatic hydroxyl groups excluding tert-OH is 2. The Morgan fingerprint density at radius 3 is 2.31 bits per heavy atom. The van der Waals surface area contributed by atoms with Gasteiger partial charge in [0.25, 0.3) is 0 Å². The summed E-state index contributed by atoms with van der Waals surface area (Å²) in [7, 11) is 0. The molecule has 4 heteroatoms. The molecular formula is C25H40O4. The average Bonchev–Trinajstić information content (AvgIpc) is 3.39. The summed E-state index contributed by atoms with van der Waals surface area (Å²) in [5.41, 5.74) is 0.531. The van der Waals surface area contributed by atoms with Crippen molar-refractivity contribution in [3.8, 4) is 0 Å². The Hall–Kier alpha value is -0.610. The van der Waals surface area contributed by atoms with Gasteiger partial charge in [-0.15, -0.1) is 0 Å². The normalized spacial score (nSPS) is 57.3. The number of hydrogen-bond donors (Lipinski definition) is 3. The predicted octanol–water partition coefficient (Wildman–Crippen LogP) is 4.33. The maximum absolute atomic E-state index is 11.4. The third-order valence-electron chi connectivity index (χ3n) is 11.2. The van der Waals surface area contributed by atoms with Gasteiger partial charge in [0.2, 0.25) is 0 Å². The Labute approximate surface area is 175 Å². The van der Waals surface area contributed by atoms with Crippen LogP contribution in [0.4, 0.5) is 0 Å². The highest BCUT2D eigenvalue weighted by molar-refractivity contribution is 5.73. The fourth-order valence-corrected chi connectivity index (χ4v) is 9.48. The minimum atomic E-state index is -0.605. The van der Waals surface area contributed by atoms with Crippen LogP contribution in [0.5, 0.6) is 0 Å². The Balaban J connectivity index is 1.39. The van der Waals surface area contributed by atoms with Gasteiger partial charge in [0, 0.05) is 0 Å². The lowest BCUT2D eigenvalue weighted by Crippen LogP contribution is -2.58. The van der Waals surface area contributed by atoms with Crippen LogP contribution >= 0.6 is 0 Å². The average molecular weight is 405 g/mol. The van der Waals surface area contributed by atoms with Crippen molar-refractivity contribution < 1.29 is 20.1 Å². The third-order valence-corrected chi connectivity index (χ3v) is 11.2. The molecule has 12 atom stereocenters. The zero-order valence-electron chi connectivity index (χ0n) is 18.4. The first kappa shape index (κ1) is 20.3. The summed E-state index contributed by atoms with van der Waals surface area (Å²) in [4.78, 5) is 11.4. The van der Waals surface area contributed by atoms with Gasteiger partial charge in [-0.1, -0.05) is 20.8 Å². The molecule has 3 N–H and O–H groups in total. The van der Waals surface area contributed by atoms with Crippen LogP contribution in [-0.4, -0.2) is 33.5 Å². The first-order valence-corrected chi connectivity index (χ1v) is 12.3. The number of carboxylic acids is 1. The van der Waals surface area contributed by atoms with Crippen LogP contribution in [0.3, 0.4) is 0 Å². The van der Waals surface area contributed by atoms with E-state index in [0.29, 0.717) is 41.4 Å². The fourth-order valence-electron chi connectivity index (χ4n) is 9.48. The number of rotatable bonds is 3. The molecule has 5 aliphatic rings. The van der Waals surface area contributed by atoms with Gasteiger partial charge < -0.3 is 15.3 Å². The maximum atomic E-state index is 11.4. The lowest BCUT2D eigenvalue weighted by molar-refractivity contribution is -0.174. The SMILES string of the molecule is C[C@@H](C1CCC2C3C(CC[C@@]21C)[C@@]1(C)CC[C@@H](O)CC1C[C@H]3O)[C@H]1C[C@@H]1C(=O)O. The molecule has 0 saturated heterocycles. The van der Waals surface area contributed by atoms with E-state index >= 15 is 0 Å². The summed E-state index contributed by atoms with van der Waals surface area (Å²) in [6.45, 7) is 7.26. The molecule has 29 heavy (non-hydrogen) atoms. The molecule has 5 unspecified atom stereocenters. The first-order valence-electron chi connectivity index (χ1n) is 12.3. The van der Waals surface area contributed by atoms with Crippen molar-refractivity contribution in [1.29, 1.82) is 0 Å². The van der Waals surface area contributed by atoms with E-state index in [-0.39, 0.29) is 29.0 Å². The van der Waals surface area contributed by atoms with Crippen LogP contribution in [-0.2, 0) is 4.79 Å². The van der Waals surface area contributed by atoms with Gasteiger partial charge in [0.05, 0.1) is 18.1 Å². The number of aliphatic hydroxyl groups is 2. The maximum Gasteiger partial charge on any atom is 0.306 e. The first-order chi connectivity index (χ1) is 13.7. The Kier molecular flexibility index (Phi) is 4.68. The van der Waals surface area contributed by atoms with Gasteiger partial charge >= 0.3 is 5.97 Å². The molecule has 0 heterocycles. The number of carbonyl (C=O) groups is 1. The van der Waals surface area contributed by atoms with E-state index in [2.05, 4.69) is 20.8 Å². The van der Waals surface area contributed by atoms with Crippen molar-refractivity contribution in [2.24, 2.45) is 58.2 Å². The molecule has 0 aromatic rings. The third kappa shape index (κ3) is 2.87. The molecular weight excluding hydrogens is 364 g/mol. The Morgan fingerprint density at radius 1 is 0.931 bits per heavy atom. The predicted molar refractivity (Wildman–Crippen MR) is 111 cm³/mol. The van der Waals surface area contributed by atoms with Crippen molar-refractivity contribution in [3.63, 3.8) is 0 Å². The summed E-state index contributed by atoms with van der Waals surface area (Å²) in [5, 5.41) is 30.9. The largest absolute Gasteiger partial charge is 0.481 e. The minimum Gasteiger partial charge on any atom is -0.481 e. The van der Waals surface area contributed by atoms with Crippen LogP contribution in [0.15, 0.2) is 0 Å². The standard InChI is InChI=1S/C25H40O4/c1-13(16-12-17(16)23(28)29)18-4-5-19-22-20(7-9-25(18,19)3)24(2)8-6-15(26)10-14(24)11-21(22)27/h13-22,26-27H,4-12H2,1-3H3,(H,28,29)/t13-,14?,15-,16-,17+,18?,19?,20?,21-,22?,24+,25-/m1/s1. The van der Waals surface area contributed by atoms with Gasteiger partial charge in [0.15, 0.2) is 0 Å². The summed E-state index contributed by atoms with van der Waals surface area (Å²) in [5.74, 6) is 2.76. The molecule has 0 aromatic carbocycles. The summed E-state index contributed by atoms with van der Waals surface area (Å²) >= 11 is 0. The molecule has 164 valence electrons. The second-order valence-electron chi connectivity index (χ2n) is 12.2. The van der Waals surface area contributed by atoms with E-state index in [9.17, 15) is 20.1 Å². The molecule has 5 fully saturated rings. The van der Waals surface area contributed by atoms with Crippen LogP contribution in [0.1, 0.15) is 78.6 Å². The Bertz CT molecular complexity index is 678. The van der Waals surface area contributed by atoms with E-state index in [1.165, 1.54) is 25.7 Å². The smallest absolute Gasteiger partial charge is 0.306 e. The van der Waals surface area contributed by atoms with E-state index in [0.717, 1.165) is 32.1 Å². The van der Waals surface area contributed by atoms with Gasteiger partial charge in [-0.2, -0.15) is 0 Å². The van der Waals surface area contributed by atoms with Crippen molar-refractivity contribution in [2.45, 2.75) is 90.8 Å². The van der Waals surface area contributed by atoms with Gasteiger partial charge in [-0.3, -0.25) is 4.79 Å². The Morgan fingerprint density at radius 2 is 1.62 bits per heavy atom. The highest BCUT2D eigenvalue weighted by Crippen LogP contribution is 2.69. The molecule has 0 radical (unpaired) electrons. The summed E-state index contributed by atoms with van der Waals surface area (Å²) in [6, 6.07) is 0. The molecule has 5 aliphatic carbocycles. The second kappa shape index (κ2) is 6.69. The van der Waals surface area contributed by atoms with Crippen molar-refractivity contribution in [2.75, 3.05) is 0 Å². The van der Waals surface area contributed by atoms with Gasteiger partial charge in [-0.25, -0.2) is 0 Å². The number of carboxylic acid groups (broad SMARTS) is 1. The lowest BCUT2D eigenvalue weighted by Gasteiger charge is -2.62. The highest BCUT2D eigenvalue weighted by Gasteiger charge is 2.64. The molecule has 0 aromatic heterocycles. The number of hydrogen-bond acceptors (Lipinski definition) is 3. The van der Waals surface area contributed by atoms with Crippen molar-refractivity contribution >= 4 is 5.97 Å². The summed E-state index contributed by atoms with van der Waals surface area (Å²) in [6.07, 6.45) is 9.08. The zero-order valence-corrected chi connectivity index (χ0v) is 18.4. The quantitative estimate of drug-likeness (QED) is 0.654. The molecule has 4 nitrogen and oxygen atoms in total. The van der Waals surface area contributed by atoms with Gasteiger partial charge in [-0.05, 0) is 110 Å². The van der Waals surface area contributed by atoms with E-state index in [1.54, 1.807) is 0 Å². The van der Waals surface area contributed by atoms with Crippen LogP contribution in [0, 0.1) is 58.2 Å². The van der Waals surface area contributed by atoms with Crippen molar-refractivity contribution in [3.05, 3.63) is 0 Å². The van der Waals surface area contributed by atoms with E-state index in [4.69, 9.17) is 0 Å². The molecule has 5 rings (SSSR count). The monoisotopic (exact) mass is 404 g/mol. The molecule has 0 bridgehead atoms. The fraction of sp³-hybridized carbons (Fsp3) is 0.960. The molecule has 0 aliphatic heterocycles. The zero-order chi connectivity index (χ0) is 20.7. The molecule has 5 saturated carbocycles. The summed E-state index contributed by atoms with van der Waals surface area (Å²) < 4.78 is 0. The van der Waals surface area contributed by atoms with E-state index < -0.39 is 5.97 Å². The van der Waals surface area contributed by atoms with Crippen LogP contribution in [0.25, 0.3) is 0 Å². The second-order valence-corrected chi connectivity index (χ2v) is 12.2. The van der Waals surface area contributed by atoms with Crippen LogP contribution in [0.2, 0.25) is 0 Å². The molecule has 0 spiro atoms. The van der Waals surface area contributed by atoms with E-state index in [1.807, 2.05) is 0 Å². The topological polar surface area (TPSA) is 77.8 Å². The minimum absolute atomic E-state index is 0.113. The molecule has 0 amide bonds.